The first-order valence-electron chi connectivity index (χ1n) is 12.3. The van der Waals surface area contributed by atoms with Gasteiger partial charge in [0.2, 0.25) is 11.8 Å². The van der Waals surface area contributed by atoms with Crippen LogP contribution in [0.3, 0.4) is 0 Å². The van der Waals surface area contributed by atoms with Crippen molar-refractivity contribution in [2.24, 2.45) is 11.8 Å². The van der Waals surface area contributed by atoms with Crippen LogP contribution in [0.15, 0.2) is 30.3 Å². The van der Waals surface area contributed by atoms with Crippen LogP contribution < -0.4 is 10.6 Å². The number of carboxylic acid groups (broad SMARTS) is 1. The number of piperidine rings is 1. The van der Waals surface area contributed by atoms with Crippen molar-refractivity contribution in [2.75, 3.05) is 13.1 Å². The summed E-state index contributed by atoms with van der Waals surface area (Å²) in [6.45, 7) is 9.85. The zero-order valence-electron chi connectivity index (χ0n) is 21.4. The second-order valence-corrected chi connectivity index (χ2v) is 10.2. The van der Waals surface area contributed by atoms with Crippen LogP contribution >= 0.6 is 0 Å². The van der Waals surface area contributed by atoms with E-state index in [-0.39, 0.29) is 30.1 Å². The van der Waals surface area contributed by atoms with Gasteiger partial charge in [-0.05, 0) is 45.1 Å². The molecular weight excluding hydrogens is 450 g/mol. The molecule has 3 atom stereocenters. The van der Waals surface area contributed by atoms with E-state index in [1.807, 2.05) is 44.2 Å². The highest BCUT2D eigenvalue weighted by molar-refractivity contribution is 5.87. The van der Waals surface area contributed by atoms with E-state index in [0.29, 0.717) is 32.4 Å². The number of carboxylic acids is 1. The Kier molecular flexibility index (Phi) is 10.1. The molecular formula is C26H39N3O6. The van der Waals surface area contributed by atoms with Crippen LogP contribution in [0.1, 0.15) is 59.4 Å². The third-order valence-corrected chi connectivity index (χ3v) is 6.23. The van der Waals surface area contributed by atoms with Crippen LogP contribution in [0.2, 0.25) is 0 Å². The van der Waals surface area contributed by atoms with Crippen LogP contribution in [0, 0.1) is 11.8 Å². The fourth-order valence-electron chi connectivity index (χ4n) is 4.02. The molecule has 0 bridgehead atoms. The van der Waals surface area contributed by atoms with E-state index in [1.165, 1.54) is 0 Å². The van der Waals surface area contributed by atoms with Crippen molar-refractivity contribution < 1.29 is 29.0 Å². The fraction of sp³-hybridized carbons (Fsp3) is 0.615. The molecule has 1 aromatic carbocycles. The molecule has 0 spiro atoms. The number of hydrogen-bond donors (Lipinski definition) is 3. The van der Waals surface area contributed by atoms with Gasteiger partial charge in [-0.1, -0.05) is 50.6 Å². The molecule has 1 saturated heterocycles. The van der Waals surface area contributed by atoms with Crippen molar-refractivity contribution in [1.82, 2.24) is 15.5 Å². The number of likely N-dealkylation sites (tertiary alicyclic amines) is 1. The number of rotatable bonds is 9. The van der Waals surface area contributed by atoms with Gasteiger partial charge in [-0.15, -0.1) is 0 Å². The average molecular weight is 490 g/mol. The highest BCUT2D eigenvalue weighted by Crippen LogP contribution is 2.21. The molecule has 9 heteroatoms. The third kappa shape index (κ3) is 8.88. The van der Waals surface area contributed by atoms with Gasteiger partial charge in [0.1, 0.15) is 17.7 Å². The molecule has 3 amide bonds. The lowest BCUT2D eigenvalue weighted by Gasteiger charge is -2.35. The number of nitrogens with one attached hydrogen (secondary N) is 2. The molecule has 1 aliphatic heterocycles. The number of alkyl carbamates (subject to hydrolysis) is 1. The smallest absolute Gasteiger partial charge is 0.408 e. The van der Waals surface area contributed by atoms with E-state index >= 15 is 0 Å². The summed E-state index contributed by atoms with van der Waals surface area (Å²) in [6.07, 6.45) is 1.11. The number of ether oxygens (including phenoxy) is 1. The molecule has 9 nitrogen and oxygen atoms in total. The molecule has 1 fully saturated rings. The second kappa shape index (κ2) is 12.6. The number of amides is 3. The zero-order chi connectivity index (χ0) is 26.2. The van der Waals surface area contributed by atoms with Crippen molar-refractivity contribution in [1.29, 1.82) is 0 Å². The van der Waals surface area contributed by atoms with Gasteiger partial charge in [-0.2, -0.15) is 0 Å². The Hall–Kier alpha value is -3.10. The van der Waals surface area contributed by atoms with Crippen molar-refractivity contribution in [3.63, 3.8) is 0 Å². The summed E-state index contributed by atoms with van der Waals surface area (Å²) in [5.74, 6) is -2.07. The Morgan fingerprint density at radius 1 is 1.09 bits per heavy atom. The standard InChI is InChI=1S/C26H39N3O6/c1-6-17(2)21(28-25(34)35-26(3,4)5)23(31)29-14-12-19(13-15-29)22(30)27-20(24(32)33)16-18-10-8-7-9-11-18/h7-11,17,19-21H,6,12-16H2,1-5H3,(H,27,30)(H,28,34)(H,32,33). The van der Waals surface area contributed by atoms with Gasteiger partial charge < -0.3 is 25.4 Å². The summed E-state index contributed by atoms with van der Waals surface area (Å²) >= 11 is 0. The first-order chi connectivity index (χ1) is 16.4. The Labute approximate surface area is 207 Å². The van der Waals surface area contributed by atoms with Gasteiger partial charge >= 0.3 is 12.1 Å². The van der Waals surface area contributed by atoms with Crippen molar-refractivity contribution >= 4 is 23.9 Å². The van der Waals surface area contributed by atoms with E-state index in [1.54, 1.807) is 25.7 Å². The molecule has 1 aliphatic rings. The van der Waals surface area contributed by atoms with Gasteiger partial charge in [0, 0.05) is 25.4 Å². The summed E-state index contributed by atoms with van der Waals surface area (Å²) in [4.78, 5) is 51.7. The van der Waals surface area contributed by atoms with E-state index in [0.717, 1.165) is 5.56 Å². The van der Waals surface area contributed by atoms with Gasteiger partial charge in [-0.3, -0.25) is 9.59 Å². The molecule has 1 aromatic rings. The quantitative estimate of drug-likeness (QED) is 0.490. The molecule has 2 rings (SSSR count). The predicted molar refractivity (Wildman–Crippen MR) is 132 cm³/mol. The lowest BCUT2D eigenvalue weighted by molar-refractivity contribution is -0.143. The minimum atomic E-state index is -1.08. The van der Waals surface area contributed by atoms with Crippen LogP contribution in [0.25, 0.3) is 0 Å². The summed E-state index contributed by atoms with van der Waals surface area (Å²) < 4.78 is 5.33. The largest absolute Gasteiger partial charge is 0.480 e. The van der Waals surface area contributed by atoms with E-state index < -0.39 is 29.7 Å². The highest BCUT2D eigenvalue weighted by atomic mass is 16.6. The van der Waals surface area contributed by atoms with Crippen LogP contribution in [-0.4, -0.2) is 64.7 Å². The SMILES string of the molecule is CCC(C)C(NC(=O)OC(C)(C)C)C(=O)N1CCC(C(=O)NC(Cc2ccccc2)C(=O)O)CC1. The maximum Gasteiger partial charge on any atom is 0.408 e. The molecule has 0 radical (unpaired) electrons. The third-order valence-electron chi connectivity index (χ3n) is 6.23. The number of carbonyl (C=O) groups is 4. The van der Waals surface area contributed by atoms with Gasteiger partial charge in [0.15, 0.2) is 0 Å². The number of carbonyl (C=O) groups excluding carboxylic acids is 3. The van der Waals surface area contributed by atoms with Gasteiger partial charge in [0.25, 0.3) is 0 Å². The van der Waals surface area contributed by atoms with E-state index in [2.05, 4.69) is 10.6 Å². The maximum absolute atomic E-state index is 13.2. The number of benzene rings is 1. The van der Waals surface area contributed by atoms with E-state index in [4.69, 9.17) is 4.74 Å². The summed E-state index contributed by atoms with van der Waals surface area (Å²) in [6, 6.07) is 7.42. The topological polar surface area (TPSA) is 125 Å². The number of hydrogen-bond acceptors (Lipinski definition) is 5. The van der Waals surface area contributed by atoms with Gasteiger partial charge in [0.05, 0.1) is 0 Å². The molecule has 3 N–H and O–H groups in total. The Morgan fingerprint density at radius 3 is 2.20 bits per heavy atom. The Morgan fingerprint density at radius 2 is 1.69 bits per heavy atom. The first kappa shape index (κ1) is 28.1. The number of nitrogens with zero attached hydrogens (tertiary/aromatic N) is 1. The van der Waals surface area contributed by atoms with Crippen LogP contribution in [-0.2, 0) is 25.5 Å². The minimum Gasteiger partial charge on any atom is -0.480 e. The Bertz CT molecular complexity index is 875. The Balaban J connectivity index is 1.95. The van der Waals surface area contributed by atoms with Crippen molar-refractivity contribution in [3.05, 3.63) is 35.9 Å². The maximum atomic E-state index is 13.2. The summed E-state index contributed by atoms with van der Waals surface area (Å²) in [5, 5.41) is 14.9. The normalized spacial score (nSPS) is 17.1. The fourth-order valence-corrected chi connectivity index (χ4v) is 4.02. The molecule has 194 valence electrons. The second-order valence-electron chi connectivity index (χ2n) is 10.2. The lowest BCUT2D eigenvalue weighted by Crippen LogP contribution is -2.55. The lowest BCUT2D eigenvalue weighted by atomic mass is 9.92. The van der Waals surface area contributed by atoms with Gasteiger partial charge in [-0.25, -0.2) is 9.59 Å². The first-order valence-corrected chi connectivity index (χ1v) is 12.3. The summed E-state index contributed by atoms with van der Waals surface area (Å²) in [5.41, 5.74) is 0.155. The van der Waals surface area contributed by atoms with Crippen LogP contribution in [0.4, 0.5) is 4.79 Å². The van der Waals surface area contributed by atoms with E-state index in [9.17, 15) is 24.3 Å². The molecule has 0 aliphatic carbocycles. The predicted octanol–water partition coefficient (Wildman–Crippen LogP) is 2.98. The zero-order valence-corrected chi connectivity index (χ0v) is 21.4. The molecule has 0 saturated carbocycles. The summed E-state index contributed by atoms with van der Waals surface area (Å²) in [7, 11) is 0. The van der Waals surface area contributed by atoms with Crippen molar-refractivity contribution in [3.8, 4) is 0 Å². The minimum absolute atomic E-state index is 0.0923. The monoisotopic (exact) mass is 489 g/mol. The van der Waals surface area contributed by atoms with Crippen LogP contribution in [0.5, 0.6) is 0 Å². The number of aliphatic carboxylic acids is 1. The molecule has 0 aromatic heterocycles. The van der Waals surface area contributed by atoms with Crippen molar-refractivity contribution in [2.45, 2.75) is 78.0 Å². The molecule has 1 heterocycles. The average Bonchev–Trinajstić information content (AvgIpc) is 2.80. The molecule has 3 unspecified atom stereocenters. The highest BCUT2D eigenvalue weighted by Gasteiger charge is 2.35. The molecule has 35 heavy (non-hydrogen) atoms.